The van der Waals surface area contributed by atoms with Crippen molar-refractivity contribution in [2.24, 2.45) is 0 Å². The molecule has 1 heterocycles. The van der Waals surface area contributed by atoms with Crippen LogP contribution in [0.25, 0.3) is 11.1 Å². The number of aromatic amines is 1. The summed E-state index contributed by atoms with van der Waals surface area (Å²) in [6, 6.07) is 9.54. The van der Waals surface area contributed by atoms with Crippen molar-refractivity contribution in [3.8, 4) is 17.2 Å². The van der Waals surface area contributed by atoms with E-state index in [0.717, 1.165) is 19.3 Å². The van der Waals surface area contributed by atoms with Crippen LogP contribution in [-0.2, 0) is 0 Å². The molecule has 3 nitrogen and oxygen atoms in total. The summed E-state index contributed by atoms with van der Waals surface area (Å²) in [6.45, 7) is 1.80. The molecule has 0 saturated heterocycles. The van der Waals surface area contributed by atoms with Gasteiger partial charge in [-0.3, -0.25) is 4.79 Å². The molecule has 1 aromatic carbocycles. The molecular formula is C13H8BrIN2O. The molecule has 0 fully saturated rings. The quantitative estimate of drug-likeness (QED) is 0.725. The molecule has 0 atom stereocenters. The SMILES string of the molecule is Cc1cc(-c2cccc(I)c2Br)c(C#N)c(=O)[nH]1. The van der Waals surface area contributed by atoms with Gasteiger partial charge in [0.2, 0.25) is 0 Å². The van der Waals surface area contributed by atoms with Crippen LogP contribution in [0.3, 0.4) is 0 Å². The van der Waals surface area contributed by atoms with Crippen LogP contribution in [0.2, 0.25) is 0 Å². The van der Waals surface area contributed by atoms with Gasteiger partial charge in [-0.05, 0) is 63.1 Å². The van der Waals surface area contributed by atoms with Crippen LogP contribution in [0, 0.1) is 21.8 Å². The summed E-state index contributed by atoms with van der Waals surface area (Å²) in [7, 11) is 0. The summed E-state index contributed by atoms with van der Waals surface area (Å²) in [5, 5.41) is 9.12. The van der Waals surface area contributed by atoms with Gasteiger partial charge in [-0.25, -0.2) is 0 Å². The molecular weight excluding hydrogens is 407 g/mol. The van der Waals surface area contributed by atoms with Crippen molar-refractivity contribution in [2.75, 3.05) is 0 Å². The van der Waals surface area contributed by atoms with Gasteiger partial charge in [-0.1, -0.05) is 12.1 Å². The van der Waals surface area contributed by atoms with E-state index >= 15 is 0 Å². The number of nitrogens with zero attached hydrogens (tertiary/aromatic N) is 1. The van der Waals surface area contributed by atoms with Crippen LogP contribution in [0.15, 0.2) is 33.5 Å². The van der Waals surface area contributed by atoms with E-state index in [9.17, 15) is 4.79 Å². The van der Waals surface area contributed by atoms with E-state index in [1.165, 1.54) is 0 Å². The summed E-state index contributed by atoms with van der Waals surface area (Å²) in [6.07, 6.45) is 0. The van der Waals surface area contributed by atoms with Crippen LogP contribution in [-0.4, -0.2) is 4.98 Å². The Morgan fingerprint density at radius 3 is 2.78 bits per heavy atom. The lowest BCUT2D eigenvalue weighted by molar-refractivity contribution is 1.13. The first-order valence-electron chi connectivity index (χ1n) is 5.13. The topological polar surface area (TPSA) is 56.6 Å². The van der Waals surface area contributed by atoms with Crippen molar-refractivity contribution in [1.29, 1.82) is 5.26 Å². The van der Waals surface area contributed by atoms with E-state index < -0.39 is 0 Å². The van der Waals surface area contributed by atoms with Gasteiger partial charge in [-0.15, -0.1) is 0 Å². The van der Waals surface area contributed by atoms with E-state index in [-0.39, 0.29) is 11.1 Å². The Hall–Kier alpha value is -1.13. The van der Waals surface area contributed by atoms with Crippen molar-refractivity contribution in [3.63, 3.8) is 0 Å². The first-order valence-corrected chi connectivity index (χ1v) is 7.00. The van der Waals surface area contributed by atoms with Crippen LogP contribution in [0.1, 0.15) is 11.3 Å². The third kappa shape index (κ3) is 2.35. The minimum Gasteiger partial charge on any atom is -0.325 e. The molecule has 1 N–H and O–H groups in total. The zero-order valence-electron chi connectivity index (χ0n) is 9.42. The second kappa shape index (κ2) is 5.24. The molecule has 0 spiro atoms. The minimum absolute atomic E-state index is 0.142. The number of benzene rings is 1. The third-order valence-electron chi connectivity index (χ3n) is 2.52. The molecule has 0 radical (unpaired) electrons. The van der Waals surface area contributed by atoms with Crippen molar-refractivity contribution in [2.45, 2.75) is 6.92 Å². The third-order valence-corrected chi connectivity index (χ3v) is 5.02. The highest BCUT2D eigenvalue weighted by Gasteiger charge is 2.13. The van der Waals surface area contributed by atoms with Crippen LogP contribution in [0.5, 0.6) is 0 Å². The Kier molecular flexibility index (Phi) is 3.88. The number of hydrogen-bond acceptors (Lipinski definition) is 2. The van der Waals surface area contributed by atoms with Gasteiger partial charge in [-0.2, -0.15) is 5.26 Å². The number of hydrogen-bond donors (Lipinski definition) is 1. The van der Waals surface area contributed by atoms with Gasteiger partial charge in [0.1, 0.15) is 11.6 Å². The van der Waals surface area contributed by atoms with Gasteiger partial charge in [0.05, 0.1) is 0 Å². The average molecular weight is 415 g/mol. The zero-order valence-corrected chi connectivity index (χ0v) is 13.2. The summed E-state index contributed by atoms with van der Waals surface area (Å²) in [5.41, 5.74) is 2.04. The van der Waals surface area contributed by atoms with E-state index in [1.807, 2.05) is 30.3 Å². The molecule has 0 saturated carbocycles. The molecule has 5 heteroatoms. The van der Waals surface area contributed by atoms with E-state index in [2.05, 4.69) is 43.5 Å². The lowest BCUT2D eigenvalue weighted by Crippen LogP contribution is -2.12. The molecule has 0 bridgehead atoms. The second-order valence-corrected chi connectivity index (χ2v) is 5.74. The number of H-pyrrole nitrogens is 1. The predicted molar refractivity (Wildman–Crippen MR) is 82.4 cm³/mol. The van der Waals surface area contributed by atoms with Crippen molar-refractivity contribution < 1.29 is 0 Å². The summed E-state index contributed by atoms with van der Waals surface area (Å²) in [4.78, 5) is 14.4. The van der Waals surface area contributed by atoms with Crippen LogP contribution < -0.4 is 5.56 Å². The van der Waals surface area contributed by atoms with Gasteiger partial charge in [0, 0.05) is 19.3 Å². The molecule has 18 heavy (non-hydrogen) atoms. The monoisotopic (exact) mass is 414 g/mol. The molecule has 0 aliphatic rings. The Balaban J connectivity index is 2.84. The number of halogens is 2. The van der Waals surface area contributed by atoms with Gasteiger partial charge >= 0.3 is 0 Å². The number of aryl methyl sites for hydroxylation is 1. The largest absolute Gasteiger partial charge is 0.325 e. The number of aromatic nitrogens is 1. The van der Waals surface area contributed by atoms with E-state index in [0.29, 0.717) is 5.56 Å². The fourth-order valence-electron chi connectivity index (χ4n) is 1.72. The smallest absolute Gasteiger partial charge is 0.266 e. The Labute approximate surface area is 126 Å². The number of rotatable bonds is 1. The fourth-order valence-corrected chi connectivity index (χ4v) is 2.70. The maximum Gasteiger partial charge on any atom is 0.266 e. The van der Waals surface area contributed by atoms with Crippen LogP contribution >= 0.6 is 38.5 Å². The molecule has 0 amide bonds. The summed E-state index contributed by atoms with van der Waals surface area (Å²) < 4.78 is 1.93. The van der Waals surface area contributed by atoms with Crippen molar-refractivity contribution in [1.82, 2.24) is 4.98 Å². The van der Waals surface area contributed by atoms with Crippen molar-refractivity contribution in [3.05, 3.63) is 53.9 Å². The molecule has 2 rings (SSSR count). The van der Waals surface area contributed by atoms with E-state index in [4.69, 9.17) is 5.26 Å². The Morgan fingerprint density at radius 1 is 1.39 bits per heavy atom. The highest BCUT2D eigenvalue weighted by molar-refractivity contribution is 14.1. The van der Waals surface area contributed by atoms with Crippen molar-refractivity contribution >= 4 is 38.5 Å². The molecule has 0 unspecified atom stereocenters. The number of pyridine rings is 1. The maximum absolute atomic E-state index is 11.8. The molecule has 2 aromatic rings. The lowest BCUT2D eigenvalue weighted by atomic mass is 10.0. The molecule has 0 aliphatic heterocycles. The molecule has 0 aliphatic carbocycles. The van der Waals surface area contributed by atoms with Gasteiger partial charge in [0.15, 0.2) is 0 Å². The number of nitriles is 1. The second-order valence-electron chi connectivity index (χ2n) is 3.78. The Morgan fingerprint density at radius 2 is 2.11 bits per heavy atom. The van der Waals surface area contributed by atoms with Gasteiger partial charge in [0.25, 0.3) is 5.56 Å². The normalized spacial score (nSPS) is 10.1. The highest BCUT2D eigenvalue weighted by atomic mass is 127. The summed E-state index contributed by atoms with van der Waals surface area (Å²) >= 11 is 5.70. The first-order chi connectivity index (χ1) is 8.54. The minimum atomic E-state index is -0.349. The van der Waals surface area contributed by atoms with Gasteiger partial charge < -0.3 is 4.98 Å². The Bertz CT molecular complexity index is 716. The standard InChI is InChI=1S/C13H8BrIN2O/c1-7-5-9(10(6-16)13(18)17-7)8-3-2-4-11(15)12(8)14/h2-5H,1H3,(H,17,18). The fraction of sp³-hybridized carbons (Fsp3) is 0.0769. The maximum atomic E-state index is 11.8. The molecule has 90 valence electrons. The predicted octanol–water partition coefficient (Wildman–Crippen LogP) is 3.59. The van der Waals surface area contributed by atoms with E-state index in [1.54, 1.807) is 6.92 Å². The number of nitrogens with one attached hydrogen (secondary N) is 1. The average Bonchev–Trinajstić information content (AvgIpc) is 2.32. The molecule has 1 aromatic heterocycles. The van der Waals surface area contributed by atoms with Crippen LogP contribution in [0.4, 0.5) is 0 Å². The lowest BCUT2D eigenvalue weighted by Gasteiger charge is -2.08. The first kappa shape index (κ1) is 13.3. The highest BCUT2D eigenvalue weighted by Crippen LogP contribution is 2.32. The summed E-state index contributed by atoms with van der Waals surface area (Å²) in [5.74, 6) is 0. The zero-order chi connectivity index (χ0) is 13.3.